The highest BCUT2D eigenvalue weighted by molar-refractivity contribution is 9.10. The Morgan fingerprint density at radius 2 is 2.21 bits per heavy atom. The van der Waals surface area contributed by atoms with Gasteiger partial charge >= 0.3 is 0 Å². The molecule has 0 radical (unpaired) electrons. The molecule has 1 N–H and O–H groups in total. The third-order valence-electron chi connectivity index (χ3n) is 3.16. The summed E-state index contributed by atoms with van der Waals surface area (Å²) in [7, 11) is 0. The van der Waals surface area contributed by atoms with Gasteiger partial charge in [-0.15, -0.1) is 0 Å². The van der Waals surface area contributed by atoms with Crippen molar-refractivity contribution >= 4 is 33.4 Å². The molecule has 104 valence electrons. The van der Waals surface area contributed by atoms with Gasteiger partial charge in [-0.25, -0.2) is 0 Å². The van der Waals surface area contributed by atoms with E-state index < -0.39 is 0 Å². The Balaban J connectivity index is 2.04. The van der Waals surface area contributed by atoms with Gasteiger partial charge in [0.15, 0.2) is 0 Å². The zero-order valence-electron chi connectivity index (χ0n) is 11.0. The molecule has 1 unspecified atom stereocenters. The zero-order valence-corrected chi connectivity index (χ0v) is 13.3. The first kappa shape index (κ1) is 14.8. The number of amides is 1. The number of carbonyl (C=O) groups excluding carboxylic acids is 1. The smallest absolute Gasteiger partial charge is 0.251 e. The second-order valence-corrected chi connectivity index (χ2v) is 6.78. The highest BCUT2D eigenvalue weighted by atomic mass is 79.9. The number of nitrogens with one attached hydrogen (secondary N) is 1. The van der Waals surface area contributed by atoms with Crippen molar-refractivity contribution in [1.29, 1.82) is 0 Å². The fourth-order valence-corrected chi connectivity index (χ4v) is 3.17. The monoisotopic (exact) mass is 345 g/mol. The van der Waals surface area contributed by atoms with Gasteiger partial charge in [-0.1, -0.05) is 27.5 Å². The topological polar surface area (TPSA) is 38.3 Å². The van der Waals surface area contributed by atoms with Crippen LogP contribution in [0.2, 0.25) is 5.02 Å². The Hall–Kier alpha value is -0.580. The molecule has 1 aromatic carbocycles. The molecular weight excluding hydrogens is 330 g/mol. The van der Waals surface area contributed by atoms with Crippen LogP contribution in [0.25, 0.3) is 0 Å². The van der Waals surface area contributed by atoms with Gasteiger partial charge in [-0.3, -0.25) is 4.79 Å². The second kappa shape index (κ2) is 5.81. The molecule has 19 heavy (non-hydrogen) atoms. The minimum Gasteiger partial charge on any atom is -0.375 e. The van der Waals surface area contributed by atoms with Gasteiger partial charge < -0.3 is 10.1 Å². The first-order valence-electron chi connectivity index (χ1n) is 6.27. The van der Waals surface area contributed by atoms with Crippen LogP contribution < -0.4 is 5.32 Å². The lowest BCUT2D eigenvalue weighted by Crippen LogP contribution is -2.45. The molecule has 0 aromatic heterocycles. The Morgan fingerprint density at radius 1 is 1.47 bits per heavy atom. The number of ether oxygens (including phenoxy) is 1. The predicted molar refractivity (Wildman–Crippen MR) is 79.7 cm³/mol. The number of halogens is 2. The maximum atomic E-state index is 12.2. The van der Waals surface area contributed by atoms with Gasteiger partial charge in [0.1, 0.15) is 0 Å². The Kier molecular flexibility index (Phi) is 4.54. The molecular formula is C14H17BrClNO2. The lowest BCUT2D eigenvalue weighted by Gasteiger charge is -2.35. The van der Waals surface area contributed by atoms with E-state index in [1.165, 1.54) is 0 Å². The van der Waals surface area contributed by atoms with E-state index >= 15 is 0 Å². The summed E-state index contributed by atoms with van der Waals surface area (Å²) in [5, 5.41) is 3.59. The van der Waals surface area contributed by atoms with Crippen molar-refractivity contribution in [3.05, 3.63) is 33.3 Å². The fourth-order valence-electron chi connectivity index (χ4n) is 2.31. The SMILES string of the molecule is CC1(C)CC(NC(=O)c2cc(Cl)cc(Br)c2)CCO1. The lowest BCUT2D eigenvalue weighted by molar-refractivity contribution is -0.0615. The van der Waals surface area contributed by atoms with Crippen LogP contribution in [0.4, 0.5) is 0 Å². The molecule has 2 rings (SSSR count). The quantitative estimate of drug-likeness (QED) is 0.885. The summed E-state index contributed by atoms with van der Waals surface area (Å²) in [6, 6.07) is 5.35. The van der Waals surface area contributed by atoms with Crippen molar-refractivity contribution in [2.75, 3.05) is 6.61 Å². The Labute approximate surface area is 126 Å². The average Bonchev–Trinajstić information content (AvgIpc) is 2.26. The standard InChI is InChI=1S/C14H17BrClNO2/c1-14(2)8-12(3-4-19-14)17-13(18)9-5-10(15)7-11(16)6-9/h5-7,12H,3-4,8H2,1-2H3,(H,17,18). The van der Waals surface area contributed by atoms with E-state index in [2.05, 4.69) is 21.2 Å². The number of benzene rings is 1. The molecule has 0 aliphatic carbocycles. The van der Waals surface area contributed by atoms with Crippen molar-refractivity contribution in [2.24, 2.45) is 0 Å². The van der Waals surface area contributed by atoms with E-state index in [-0.39, 0.29) is 17.6 Å². The van der Waals surface area contributed by atoms with Crippen LogP contribution in [0.3, 0.4) is 0 Å². The molecule has 3 nitrogen and oxygen atoms in total. The van der Waals surface area contributed by atoms with Crippen LogP contribution in [0.15, 0.2) is 22.7 Å². The van der Waals surface area contributed by atoms with E-state index in [0.29, 0.717) is 17.2 Å². The van der Waals surface area contributed by atoms with Crippen molar-refractivity contribution in [3.63, 3.8) is 0 Å². The average molecular weight is 347 g/mol. The molecule has 0 saturated carbocycles. The van der Waals surface area contributed by atoms with Crippen molar-refractivity contribution in [3.8, 4) is 0 Å². The molecule has 1 saturated heterocycles. The molecule has 0 bridgehead atoms. The van der Waals surface area contributed by atoms with Crippen LogP contribution in [-0.4, -0.2) is 24.2 Å². The van der Waals surface area contributed by atoms with Crippen LogP contribution in [0, 0.1) is 0 Å². The van der Waals surface area contributed by atoms with Crippen LogP contribution in [0.1, 0.15) is 37.0 Å². The molecule has 1 heterocycles. The number of rotatable bonds is 2. The second-order valence-electron chi connectivity index (χ2n) is 5.43. The van der Waals surface area contributed by atoms with E-state index in [1.54, 1.807) is 18.2 Å². The van der Waals surface area contributed by atoms with Gasteiger partial charge in [0.25, 0.3) is 5.91 Å². The molecule has 1 amide bonds. The number of carbonyl (C=O) groups is 1. The summed E-state index contributed by atoms with van der Waals surface area (Å²) in [5.41, 5.74) is 0.397. The highest BCUT2D eigenvalue weighted by Crippen LogP contribution is 2.25. The van der Waals surface area contributed by atoms with Crippen molar-refractivity contribution in [2.45, 2.75) is 38.3 Å². The van der Waals surface area contributed by atoms with E-state index in [9.17, 15) is 4.79 Å². The van der Waals surface area contributed by atoms with Gasteiger partial charge in [-0.05, 0) is 44.9 Å². The summed E-state index contributed by atoms with van der Waals surface area (Å²) in [5.74, 6) is -0.0918. The Bertz CT molecular complexity index is 470. The number of hydrogen-bond acceptors (Lipinski definition) is 2. The van der Waals surface area contributed by atoms with Crippen LogP contribution in [0.5, 0.6) is 0 Å². The molecule has 5 heteroatoms. The van der Waals surface area contributed by atoms with E-state index in [4.69, 9.17) is 16.3 Å². The van der Waals surface area contributed by atoms with Crippen molar-refractivity contribution < 1.29 is 9.53 Å². The van der Waals surface area contributed by atoms with Gasteiger partial charge in [0, 0.05) is 27.7 Å². The summed E-state index contributed by atoms with van der Waals surface area (Å²) >= 11 is 9.29. The minimum absolute atomic E-state index is 0.0918. The predicted octanol–water partition coefficient (Wildman–Crippen LogP) is 3.79. The largest absolute Gasteiger partial charge is 0.375 e. The molecule has 1 atom stereocenters. The third kappa shape index (κ3) is 4.20. The molecule has 0 spiro atoms. The van der Waals surface area contributed by atoms with E-state index in [0.717, 1.165) is 17.3 Å². The summed E-state index contributed by atoms with van der Waals surface area (Å²) in [4.78, 5) is 12.2. The molecule has 1 fully saturated rings. The molecule has 1 aromatic rings. The zero-order chi connectivity index (χ0) is 14.0. The third-order valence-corrected chi connectivity index (χ3v) is 3.83. The van der Waals surface area contributed by atoms with Crippen LogP contribution >= 0.6 is 27.5 Å². The van der Waals surface area contributed by atoms with Gasteiger partial charge in [0.2, 0.25) is 0 Å². The van der Waals surface area contributed by atoms with Crippen LogP contribution in [-0.2, 0) is 4.74 Å². The number of hydrogen-bond donors (Lipinski definition) is 1. The summed E-state index contributed by atoms with van der Waals surface area (Å²) in [6.45, 7) is 4.76. The Morgan fingerprint density at radius 3 is 2.84 bits per heavy atom. The summed E-state index contributed by atoms with van der Waals surface area (Å²) in [6.07, 6.45) is 1.66. The van der Waals surface area contributed by atoms with Crippen molar-refractivity contribution in [1.82, 2.24) is 5.32 Å². The molecule has 1 aliphatic rings. The first-order chi connectivity index (χ1) is 8.85. The maximum Gasteiger partial charge on any atom is 0.251 e. The maximum absolute atomic E-state index is 12.2. The highest BCUT2D eigenvalue weighted by Gasteiger charge is 2.29. The fraction of sp³-hybridized carbons (Fsp3) is 0.500. The van der Waals surface area contributed by atoms with E-state index in [1.807, 2.05) is 13.8 Å². The normalized spacial score (nSPS) is 22.0. The van der Waals surface area contributed by atoms with Gasteiger partial charge in [0.05, 0.1) is 5.60 Å². The molecule has 1 aliphatic heterocycles. The summed E-state index contributed by atoms with van der Waals surface area (Å²) < 4.78 is 6.44. The lowest BCUT2D eigenvalue weighted by atomic mass is 9.94. The first-order valence-corrected chi connectivity index (χ1v) is 7.44. The minimum atomic E-state index is -0.175. The van der Waals surface area contributed by atoms with Gasteiger partial charge in [-0.2, -0.15) is 0 Å².